The topological polar surface area (TPSA) is 18.5 Å². The molecule has 0 aromatic heterocycles. The Morgan fingerprint density at radius 1 is 0.800 bits per heavy atom. The van der Waals surface area contributed by atoms with E-state index in [9.17, 15) is 0 Å². The highest BCUT2D eigenvalue weighted by Crippen LogP contribution is 2.44. The summed E-state index contributed by atoms with van der Waals surface area (Å²) in [7, 11) is 0. The molecule has 0 unspecified atom stereocenters. The van der Waals surface area contributed by atoms with Crippen LogP contribution in [-0.2, 0) is 9.47 Å². The zero-order valence-electron chi connectivity index (χ0n) is 13.7. The third kappa shape index (κ3) is 4.21. The van der Waals surface area contributed by atoms with Gasteiger partial charge in [0.2, 0.25) is 0 Å². The fraction of sp³-hybridized carbons (Fsp3) is 1.00. The average Bonchev–Trinajstić information content (AvgIpc) is 2.53. The normalized spacial score (nSPS) is 23.1. The van der Waals surface area contributed by atoms with Crippen LogP contribution < -0.4 is 0 Å². The summed E-state index contributed by atoms with van der Waals surface area (Å²) in [6.07, 6.45) is 14.0. The fourth-order valence-electron chi connectivity index (χ4n) is 4.39. The lowest BCUT2D eigenvalue weighted by Crippen LogP contribution is -2.47. The molecule has 0 aliphatic heterocycles. The second-order valence-corrected chi connectivity index (χ2v) is 6.90. The van der Waals surface area contributed by atoms with Crippen LogP contribution in [0.5, 0.6) is 0 Å². The van der Waals surface area contributed by atoms with E-state index in [1.165, 1.54) is 64.2 Å². The first-order valence-corrected chi connectivity index (χ1v) is 8.99. The first kappa shape index (κ1) is 16.3. The zero-order valence-corrected chi connectivity index (χ0v) is 13.7. The minimum absolute atomic E-state index is 0.109. The number of rotatable bonds is 7. The van der Waals surface area contributed by atoms with Crippen molar-refractivity contribution in [1.82, 2.24) is 0 Å². The second kappa shape index (κ2) is 8.38. The molecule has 0 spiro atoms. The Kier molecular flexibility index (Phi) is 6.83. The molecule has 118 valence electrons. The molecular weight excluding hydrogens is 248 g/mol. The van der Waals surface area contributed by atoms with Crippen LogP contribution in [0.25, 0.3) is 0 Å². The van der Waals surface area contributed by atoms with E-state index in [0.717, 1.165) is 31.7 Å². The van der Waals surface area contributed by atoms with Crippen LogP contribution in [-0.4, -0.2) is 25.4 Å². The van der Waals surface area contributed by atoms with E-state index >= 15 is 0 Å². The fourth-order valence-corrected chi connectivity index (χ4v) is 4.39. The lowest BCUT2D eigenvalue weighted by atomic mass is 9.67. The van der Waals surface area contributed by atoms with Crippen LogP contribution >= 0.6 is 0 Å². The Balaban J connectivity index is 1.96. The van der Waals surface area contributed by atoms with Gasteiger partial charge in [0.05, 0.1) is 18.8 Å². The summed E-state index contributed by atoms with van der Waals surface area (Å²) in [6.45, 7) is 6.81. The van der Waals surface area contributed by atoms with Crippen molar-refractivity contribution < 1.29 is 9.47 Å². The van der Waals surface area contributed by atoms with Gasteiger partial charge in [-0.2, -0.15) is 0 Å². The first-order valence-electron chi connectivity index (χ1n) is 8.99. The van der Waals surface area contributed by atoms with Gasteiger partial charge in [-0.1, -0.05) is 38.5 Å². The monoisotopic (exact) mass is 282 g/mol. The smallest absolute Gasteiger partial charge is 0.0711 e. The van der Waals surface area contributed by atoms with Crippen LogP contribution in [0.4, 0.5) is 0 Å². The highest BCUT2D eigenvalue weighted by atomic mass is 16.5. The molecule has 2 aliphatic carbocycles. The van der Waals surface area contributed by atoms with E-state index in [4.69, 9.17) is 9.47 Å². The van der Waals surface area contributed by atoms with Gasteiger partial charge < -0.3 is 9.47 Å². The quantitative estimate of drug-likeness (QED) is 0.614. The van der Waals surface area contributed by atoms with Crippen molar-refractivity contribution in [2.45, 2.75) is 83.7 Å². The van der Waals surface area contributed by atoms with Gasteiger partial charge >= 0.3 is 0 Å². The summed E-state index contributed by atoms with van der Waals surface area (Å²) in [5, 5.41) is 0. The van der Waals surface area contributed by atoms with Gasteiger partial charge in [0.15, 0.2) is 0 Å². The van der Waals surface area contributed by atoms with E-state index in [1.54, 1.807) is 0 Å². The Bertz CT molecular complexity index is 234. The van der Waals surface area contributed by atoms with Crippen molar-refractivity contribution in [2.24, 2.45) is 11.8 Å². The summed E-state index contributed by atoms with van der Waals surface area (Å²) in [5.74, 6) is 1.56. The van der Waals surface area contributed by atoms with Gasteiger partial charge in [0.25, 0.3) is 0 Å². The molecule has 0 aromatic carbocycles. The van der Waals surface area contributed by atoms with Crippen molar-refractivity contribution in [3.8, 4) is 0 Å². The Morgan fingerprint density at radius 3 is 1.75 bits per heavy atom. The molecule has 0 saturated heterocycles. The molecule has 0 heterocycles. The van der Waals surface area contributed by atoms with Crippen LogP contribution in [0.15, 0.2) is 0 Å². The van der Waals surface area contributed by atoms with Crippen LogP contribution in [0.2, 0.25) is 0 Å². The zero-order chi connectivity index (χ0) is 14.3. The average molecular weight is 282 g/mol. The van der Waals surface area contributed by atoms with E-state index in [-0.39, 0.29) is 5.60 Å². The maximum Gasteiger partial charge on any atom is 0.0711 e. The Hall–Kier alpha value is -0.0800. The van der Waals surface area contributed by atoms with Crippen molar-refractivity contribution in [2.75, 3.05) is 19.8 Å². The standard InChI is InChI=1S/C18H34O2/c1-3-19-14-15-20-18(2,16-10-6-4-7-11-16)17-12-8-5-9-13-17/h16-17H,3-15H2,1-2H3. The largest absolute Gasteiger partial charge is 0.379 e. The maximum absolute atomic E-state index is 6.49. The van der Waals surface area contributed by atoms with Gasteiger partial charge in [-0.25, -0.2) is 0 Å². The third-order valence-electron chi connectivity index (χ3n) is 5.68. The van der Waals surface area contributed by atoms with Crippen molar-refractivity contribution in [3.05, 3.63) is 0 Å². The van der Waals surface area contributed by atoms with Gasteiger partial charge in [-0.15, -0.1) is 0 Å². The van der Waals surface area contributed by atoms with Crippen molar-refractivity contribution in [3.63, 3.8) is 0 Å². The molecule has 0 amide bonds. The predicted octanol–water partition coefficient (Wildman–Crippen LogP) is 4.96. The SMILES string of the molecule is CCOCCOC(C)(C1CCCCC1)C1CCCCC1. The highest BCUT2D eigenvalue weighted by Gasteiger charge is 2.42. The third-order valence-corrected chi connectivity index (χ3v) is 5.68. The molecular formula is C18H34O2. The molecule has 2 rings (SSSR count). The van der Waals surface area contributed by atoms with Gasteiger partial charge in [-0.05, 0) is 51.4 Å². The molecule has 2 nitrogen and oxygen atoms in total. The van der Waals surface area contributed by atoms with E-state index in [0.29, 0.717) is 0 Å². The Labute approximate surface area is 125 Å². The number of ether oxygens (including phenoxy) is 2. The molecule has 2 saturated carbocycles. The van der Waals surface area contributed by atoms with E-state index in [2.05, 4.69) is 13.8 Å². The van der Waals surface area contributed by atoms with E-state index in [1.807, 2.05) is 0 Å². The summed E-state index contributed by atoms with van der Waals surface area (Å²) >= 11 is 0. The molecule has 0 bridgehead atoms. The van der Waals surface area contributed by atoms with E-state index < -0.39 is 0 Å². The lowest BCUT2D eigenvalue weighted by molar-refractivity contribution is -0.139. The van der Waals surface area contributed by atoms with Gasteiger partial charge in [0, 0.05) is 6.61 Å². The molecule has 0 atom stereocenters. The molecule has 2 fully saturated rings. The van der Waals surface area contributed by atoms with Crippen LogP contribution in [0.1, 0.15) is 78.1 Å². The first-order chi connectivity index (χ1) is 9.77. The summed E-state index contributed by atoms with van der Waals surface area (Å²) < 4.78 is 12.0. The summed E-state index contributed by atoms with van der Waals surface area (Å²) in [5.41, 5.74) is 0.109. The van der Waals surface area contributed by atoms with Crippen molar-refractivity contribution in [1.29, 1.82) is 0 Å². The predicted molar refractivity (Wildman–Crippen MR) is 84.0 cm³/mol. The summed E-state index contributed by atoms with van der Waals surface area (Å²) in [6, 6.07) is 0. The minimum atomic E-state index is 0.109. The molecule has 0 N–H and O–H groups in total. The highest BCUT2D eigenvalue weighted by molar-refractivity contribution is 4.93. The second-order valence-electron chi connectivity index (χ2n) is 6.90. The lowest BCUT2D eigenvalue weighted by Gasteiger charge is -2.46. The van der Waals surface area contributed by atoms with Crippen LogP contribution in [0.3, 0.4) is 0 Å². The summed E-state index contributed by atoms with van der Waals surface area (Å²) in [4.78, 5) is 0. The Morgan fingerprint density at radius 2 is 1.30 bits per heavy atom. The van der Waals surface area contributed by atoms with Gasteiger partial charge in [0.1, 0.15) is 0 Å². The van der Waals surface area contributed by atoms with Crippen molar-refractivity contribution >= 4 is 0 Å². The van der Waals surface area contributed by atoms with Gasteiger partial charge in [-0.3, -0.25) is 0 Å². The molecule has 0 radical (unpaired) electrons. The molecule has 2 aliphatic rings. The number of hydrogen-bond acceptors (Lipinski definition) is 2. The maximum atomic E-state index is 6.49. The number of hydrogen-bond donors (Lipinski definition) is 0. The molecule has 20 heavy (non-hydrogen) atoms. The molecule has 0 aromatic rings. The minimum Gasteiger partial charge on any atom is -0.379 e. The van der Waals surface area contributed by atoms with Crippen LogP contribution in [0, 0.1) is 11.8 Å². The molecule has 2 heteroatoms.